The van der Waals surface area contributed by atoms with Gasteiger partial charge in [-0.05, 0) is 49.4 Å². The Morgan fingerprint density at radius 2 is 2.04 bits per heavy atom. The van der Waals surface area contributed by atoms with Crippen LogP contribution in [0.3, 0.4) is 0 Å². The molecule has 2 rings (SSSR count). The van der Waals surface area contributed by atoms with Crippen LogP contribution in [0.5, 0.6) is 5.75 Å². The summed E-state index contributed by atoms with van der Waals surface area (Å²) in [4.78, 5) is 36.8. The molecule has 0 radical (unpaired) electrons. The number of ether oxygens (including phenoxy) is 2. The molecule has 0 aromatic heterocycles. The third kappa shape index (κ3) is 4.35. The number of amides is 2. The lowest BCUT2D eigenvalue weighted by atomic mass is 10.2. The number of carbonyl (C=O) groups is 3. The minimum atomic E-state index is -0.602. The van der Waals surface area contributed by atoms with E-state index in [0.29, 0.717) is 12.4 Å². The Kier molecular flexibility index (Phi) is 5.81. The second-order valence-electron chi connectivity index (χ2n) is 4.58. The Labute approximate surface area is 138 Å². The zero-order valence-electron chi connectivity index (χ0n) is 12.9. The van der Waals surface area contributed by atoms with Crippen LogP contribution in [0, 0.1) is 0 Å². The largest absolute Gasteiger partial charge is 0.494 e. The van der Waals surface area contributed by atoms with Gasteiger partial charge < -0.3 is 9.47 Å². The van der Waals surface area contributed by atoms with E-state index in [1.807, 2.05) is 19.1 Å². The molecule has 0 atom stereocenters. The van der Waals surface area contributed by atoms with Crippen LogP contribution in [0.25, 0.3) is 6.08 Å². The smallest absolute Gasteiger partial charge is 0.326 e. The quantitative estimate of drug-likeness (QED) is 0.588. The Morgan fingerprint density at radius 1 is 1.26 bits per heavy atom. The minimum Gasteiger partial charge on any atom is -0.494 e. The topological polar surface area (TPSA) is 72.9 Å². The number of esters is 1. The van der Waals surface area contributed by atoms with E-state index in [-0.39, 0.29) is 18.1 Å². The van der Waals surface area contributed by atoms with Gasteiger partial charge in [0.1, 0.15) is 12.3 Å². The first-order chi connectivity index (χ1) is 11.0. The first-order valence-corrected chi connectivity index (χ1v) is 8.00. The number of hydrogen-bond acceptors (Lipinski definition) is 6. The van der Waals surface area contributed by atoms with Crippen molar-refractivity contribution in [1.82, 2.24) is 4.90 Å². The van der Waals surface area contributed by atoms with E-state index in [2.05, 4.69) is 0 Å². The molecule has 23 heavy (non-hydrogen) atoms. The van der Waals surface area contributed by atoms with E-state index in [1.165, 1.54) is 0 Å². The van der Waals surface area contributed by atoms with Crippen LogP contribution in [0.4, 0.5) is 4.79 Å². The summed E-state index contributed by atoms with van der Waals surface area (Å²) in [6, 6.07) is 7.21. The molecule has 0 unspecified atom stereocenters. The molecule has 1 aromatic carbocycles. The summed E-state index contributed by atoms with van der Waals surface area (Å²) >= 11 is 0.806. The van der Waals surface area contributed by atoms with Crippen molar-refractivity contribution in [2.75, 3.05) is 19.8 Å². The van der Waals surface area contributed by atoms with Crippen molar-refractivity contribution in [2.24, 2.45) is 0 Å². The molecule has 2 amide bonds. The first-order valence-electron chi connectivity index (χ1n) is 7.19. The van der Waals surface area contributed by atoms with E-state index in [1.54, 1.807) is 25.1 Å². The van der Waals surface area contributed by atoms with Crippen molar-refractivity contribution in [2.45, 2.75) is 13.8 Å². The van der Waals surface area contributed by atoms with Gasteiger partial charge >= 0.3 is 5.97 Å². The summed E-state index contributed by atoms with van der Waals surface area (Å²) in [5.74, 6) is -0.406. The summed E-state index contributed by atoms with van der Waals surface area (Å²) in [5, 5.41) is -0.477. The fourth-order valence-electron chi connectivity index (χ4n) is 1.98. The third-order valence-corrected chi connectivity index (χ3v) is 3.84. The van der Waals surface area contributed by atoms with Crippen LogP contribution in [0.1, 0.15) is 19.4 Å². The molecule has 1 fully saturated rings. The molecule has 0 N–H and O–H groups in total. The van der Waals surface area contributed by atoms with Gasteiger partial charge in [-0.25, -0.2) is 0 Å². The molecule has 1 aliphatic rings. The molecule has 1 saturated heterocycles. The number of carbonyl (C=O) groups excluding carboxylic acids is 3. The molecule has 1 aliphatic heterocycles. The van der Waals surface area contributed by atoms with Crippen molar-refractivity contribution in [3.63, 3.8) is 0 Å². The van der Waals surface area contributed by atoms with Crippen LogP contribution >= 0.6 is 11.8 Å². The average molecular weight is 335 g/mol. The van der Waals surface area contributed by atoms with E-state index in [9.17, 15) is 14.4 Å². The van der Waals surface area contributed by atoms with Crippen LogP contribution in [0.2, 0.25) is 0 Å². The fraction of sp³-hybridized carbons (Fsp3) is 0.312. The van der Waals surface area contributed by atoms with Crippen molar-refractivity contribution in [1.29, 1.82) is 0 Å². The molecule has 122 valence electrons. The van der Waals surface area contributed by atoms with Gasteiger partial charge in [-0.15, -0.1) is 0 Å². The van der Waals surface area contributed by atoms with Crippen molar-refractivity contribution < 1.29 is 23.9 Å². The number of rotatable bonds is 6. The maximum atomic E-state index is 12.2. The van der Waals surface area contributed by atoms with Crippen LogP contribution < -0.4 is 4.74 Å². The highest BCUT2D eigenvalue weighted by Crippen LogP contribution is 2.32. The first kappa shape index (κ1) is 17.1. The highest BCUT2D eigenvalue weighted by molar-refractivity contribution is 8.18. The third-order valence-electron chi connectivity index (χ3n) is 2.93. The Hall–Kier alpha value is -2.28. The molecular weight excluding hydrogens is 318 g/mol. The van der Waals surface area contributed by atoms with Gasteiger partial charge in [0.05, 0.1) is 18.1 Å². The summed E-state index contributed by atoms with van der Waals surface area (Å²) in [7, 11) is 0. The molecule has 7 heteroatoms. The molecule has 1 heterocycles. The lowest BCUT2D eigenvalue weighted by molar-refractivity contribution is -0.145. The van der Waals surface area contributed by atoms with E-state index in [4.69, 9.17) is 9.47 Å². The standard InChI is InChI=1S/C16H17NO5S/c1-3-21-12-7-5-6-11(8-12)9-13-15(19)17(16(20)23-13)10-14(18)22-4-2/h5-9H,3-4,10H2,1-2H3/b13-9-. The normalized spacial score (nSPS) is 16.1. The van der Waals surface area contributed by atoms with E-state index in [0.717, 1.165) is 22.2 Å². The Morgan fingerprint density at radius 3 is 2.74 bits per heavy atom. The number of nitrogens with zero attached hydrogens (tertiary/aromatic N) is 1. The monoisotopic (exact) mass is 335 g/mol. The molecule has 0 saturated carbocycles. The van der Waals surface area contributed by atoms with Crippen molar-refractivity contribution in [3.05, 3.63) is 34.7 Å². The van der Waals surface area contributed by atoms with Gasteiger partial charge in [-0.3, -0.25) is 19.3 Å². The van der Waals surface area contributed by atoms with Crippen LogP contribution in [0.15, 0.2) is 29.2 Å². The Bertz CT molecular complexity index is 656. The van der Waals surface area contributed by atoms with Gasteiger partial charge in [-0.2, -0.15) is 0 Å². The number of imide groups is 1. The second-order valence-corrected chi connectivity index (χ2v) is 5.57. The number of hydrogen-bond donors (Lipinski definition) is 0. The van der Waals surface area contributed by atoms with Crippen LogP contribution in [-0.2, 0) is 14.3 Å². The van der Waals surface area contributed by atoms with Crippen molar-refractivity contribution >= 4 is 35.0 Å². The summed E-state index contributed by atoms with van der Waals surface area (Å²) in [5.41, 5.74) is 0.748. The van der Waals surface area contributed by atoms with Crippen molar-refractivity contribution in [3.8, 4) is 5.75 Å². The van der Waals surface area contributed by atoms with E-state index < -0.39 is 17.1 Å². The second kappa shape index (κ2) is 7.82. The Balaban J connectivity index is 2.15. The fourth-order valence-corrected chi connectivity index (χ4v) is 2.82. The number of thioether (sulfide) groups is 1. The lowest BCUT2D eigenvalue weighted by Gasteiger charge is -2.10. The van der Waals surface area contributed by atoms with E-state index >= 15 is 0 Å². The van der Waals surface area contributed by atoms with Gasteiger partial charge in [0.15, 0.2) is 0 Å². The molecule has 1 aromatic rings. The molecule has 0 bridgehead atoms. The average Bonchev–Trinajstić information content (AvgIpc) is 2.76. The maximum absolute atomic E-state index is 12.2. The molecule has 6 nitrogen and oxygen atoms in total. The predicted octanol–water partition coefficient (Wildman–Crippen LogP) is 2.68. The zero-order valence-corrected chi connectivity index (χ0v) is 13.7. The zero-order chi connectivity index (χ0) is 16.8. The molecule has 0 spiro atoms. The van der Waals surface area contributed by atoms with Gasteiger partial charge in [0.25, 0.3) is 11.1 Å². The predicted molar refractivity (Wildman–Crippen MR) is 86.9 cm³/mol. The SMILES string of the molecule is CCOC(=O)CN1C(=O)S/C(=C\c2cccc(OCC)c2)C1=O. The lowest BCUT2D eigenvalue weighted by Crippen LogP contribution is -2.34. The maximum Gasteiger partial charge on any atom is 0.326 e. The summed E-state index contributed by atoms with van der Waals surface area (Å²) < 4.78 is 10.2. The van der Waals surface area contributed by atoms with Gasteiger partial charge in [-0.1, -0.05) is 12.1 Å². The summed E-state index contributed by atoms with van der Waals surface area (Å²) in [6.07, 6.45) is 1.61. The highest BCUT2D eigenvalue weighted by atomic mass is 32.2. The molecular formula is C16H17NO5S. The van der Waals surface area contributed by atoms with Gasteiger partial charge in [0, 0.05) is 0 Å². The minimum absolute atomic E-state index is 0.203. The van der Waals surface area contributed by atoms with Gasteiger partial charge in [0.2, 0.25) is 0 Å². The highest BCUT2D eigenvalue weighted by Gasteiger charge is 2.36. The summed E-state index contributed by atoms with van der Waals surface area (Å²) in [6.45, 7) is 3.92. The molecule has 0 aliphatic carbocycles. The number of benzene rings is 1. The van der Waals surface area contributed by atoms with Crippen LogP contribution in [-0.4, -0.2) is 41.8 Å².